The maximum atomic E-state index is 6.00. The van der Waals surface area contributed by atoms with Crippen LogP contribution < -0.4 is 10.5 Å². The Morgan fingerprint density at radius 3 is 2.61 bits per heavy atom. The van der Waals surface area contributed by atoms with E-state index in [0.717, 1.165) is 28.0 Å². The van der Waals surface area contributed by atoms with Crippen LogP contribution in [0.15, 0.2) is 23.1 Å². The number of anilines is 1. The van der Waals surface area contributed by atoms with E-state index < -0.39 is 0 Å². The van der Waals surface area contributed by atoms with E-state index in [1.165, 1.54) is 6.42 Å². The van der Waals surface area contributed by atoms with Gasteiger partial charge in [-0.1, -0.05) is 20.8 Å². The lowest BCUT2D eigenvalue weighted by atomic mass is 10.0. The van der Waals surface area contributed by atoms with Crippen LogP contribution in [0.1, 0.15) is 34.1 Å². The minimum Gasteiger partial charge on any atom is -0.494 e. The Bertz CT molecular complexity index is 366. The molecular formula is C15H25NOS. The average Bonchev–Trinajstić information content (AvgIpc) is 2.29. The van der Waals surface area contributed by atoms with Gasteiger partial charge in [0.1, 0.15) is 5.75 Å². The summed E-state index contributed by atoms with van der Waals surface area (Å²) in [6, 6.07) is 5.91. The van der Waals surface area contributed by atoms with Crippen LogP contribution in [-0.4, -0.2) is 12.4 Å². The Kier molecular flexibility index (Phi) is 6.41. The third-order valence-corrected chi connectivity index (χ3v) is 4.09. The Morgan fingerprint density at radius 2 is 2.00 bits per heavy atom. The lowest BCUT2D eigenvalue weighted by molar-refractivity contribution is 0.339. The van der Waals surface area contributed by atoms with Crippen molar-refractivity contribution in [3.8, 4) is 5.75 Å². The van der Waals surface area contributed by atoms with Crippen molar-refractivity contribution >= 4 is 17.4 Å². The van der Waals surface area contributed by atoms with Gasteiger partial charge in [0.15, 0.2) is 0 Å². The number of nitrogens with two attached hydrogens (primary N) is 1. The number of rotatable bonds is 7. The van der Waals surface area contributed by atoms with Gasteiger partial charge in [0, 0.05) is 16.3 Å². The molecule has 0 aliphatic rings. The highest BCUT2D eigenvalue weighted by Crippen LogP contribution is 2.31. The largest absolute Gasteiger partial charge is 0.494 e. The second-order valence-electron chi connectivity index (χ2n) is 5.18. The molecule has 0 heterocycles. The van der Waals surface area contributed by atoms with Gasteiger partial charge in [0.05, 0.1) is 6.61 Å². The first-order chi connectivity index (χ1) is 8.52. The van der Waals surface area contributed by atoms with Crippen molar-refractivity contribution in [2.75, 3.05) is 18.1 Å². The first kappa shape index (κ1) is 15.2. The Labute approximate surface area is 115 Å². The van der Waals surface area contributed by atoms with Crippen LogP contribution in [-0.2, 0) is 0 Å². The topological polar surface area (TPSA) is 35.2 Å². The molecule has 0 bridgehead atoms. The van der Waals surface area contributed by atoms with E-state index in [1.54, 1.807) is 0 Å². The average molecular weight is 267 g/mol. The molecule has 18 heavy (non-hydrogen) atoms. The molecule has 102 valence electrons. The van der Waals surface area contributed by atoms with E-state index >= 15 is 0 Å². The van der Waals surface area contributed by atoms with Crippen molar-refractivity contribution in [1.29, 1.82) is 0 Å². The molecule has 0 amide bonds. The van der Waals surface area contributed by atoms with Gasteiger partial charge < -0.3 is 10.5 Å². The Hall–Kier alpha value is -0.830. The number of benzene rings is 1. The summed E-state index contributed by atoms with van der Waals surface area (Å²) in [6.45, 7) is 9.53. The number of hydrogen-bond donors (Lipinski definition) is 1. The molecule has 0 radical (unpaired) electrons. The zero-order valence-electron chi connectivity index (χ0n) is 11.9. The summed E-state index contributed by atoms with van der Waals surface area (Å²) in [5.41, 5.74) is 6.84. The van der Waals surface area contributed by atoms with Crippen molar-refractivity contribution in [1.82, 2.24) is 0 Å². The van der Waals surface area contributed by atoms with Crippen molar-refractivity contribution in [3.63, 3.8) is 0 Å². The predicted octanol–water partition coefficient (Wildman–Crippen LogP) is 4.44. The summed E-state index contributed by atoms with van der Waals surface area (Å²) in [5.74, 6) is 3.49. The zero-order chi connectivity index (χ0) is 13.5. The van der Waals surface area contributed by atoms with Crippen LogP contribution in [0.3, 0.4) is 0 Å². The van der Waals surface area contributed by atoms with Crippen LogP contribution in [0.25, 0.3) is 0 Å². The van der Waals surface area contributed by atoms with Crippen molar-refractivity contribution in [2.45, 2.75) is 39.0 Å². The Balaban J connectivity index is 2.57. The summed E-state index contributed by atoms with van der Waals surface area (Å²) >= 11 is 1.83. The normalized spacial score (nSPS) is 12.7. The lowest BCUT2D eigenvalue weighted by Crippen LogP contribution is -2.03. The number of hydrogen-bond acceptors (Lipinski definition) is 3. The molecule has 3 heteroatoms. The van der Waals surface area contributed by atoms with Crippen molar-refractivity contribution < 1.29 is 4.74 Å². The smallest absolute Gasteiger partial charge is 0.120 e. The molecule has 0 spiro atoms. The lowest BCUT2D eigenvalue weighted by Gasteiger charge is -2.14. The third-order valence-electron chi connectivity index (χ3n) is 2.69. The maximum absolute atomic E-state index is 6.00. The molecule has 1 atom stereocenters. The SMILES string of the molecule is CCOc1ccc(N)c(SCC(C)CC(C)C)c1. The number of nitrogen functional groups attached to an aromatic ring is 1. The van der Waals surface area contributed by atoms with Gasteiger partial charge in [-0.25, -0.2) is 0 Å². The summed E-state index contributed by atoms with van der Waals surface area (Å²) in [6.07, 6.45) is 1.26. The molecule has 1 aromatic carbocycles. The van der Waals surface area contributed by atoms with Gasteiger partial charge in [-0.05, 0) is 43.4 Å². The van der Waals surface area contributed by atoms with Gasteiger partial charge >= 0.3 is 0 Å². The molecule has 1 unspecified atom stereocenters. The van der Waals surface area contributed by atoms with E-state index in [4.69, 9.17) is 10.5 Å². The molecular weight excluding hydrogens is 242 g/mol. The maximum Gasteiger partial charge on any atom is 0.120 e. The second kappa shape index (κ2) is 7.57. The summed E-state index contributed by atoms with van der Waals surface area (Å²) in [5, 5.41) is 0. The van der Waals surface area contributed by atoms with Gasteiger partial charge in [-0.3, -0.25) is 0 Å². The highest BCUT2D eigenvalue weighted by molar-refractivity contribution is 7.99. The van der Waals surface area contributed by atoms with Crippen LogP contribution >= 0.6 is 11.8 Å². The van der Waals surface area contributed by atoms with E-state index in [0.29, 0.717) is 12.5 Å². The third kappa shape index (κ3) is 5.21. The van der Waals surface area contributed by atoms with E-state index in [1.807, 2.05) is 36.9 Å². The Morgan fingerprint density at radius 1 is 1.28 bits per heavy atom. The number of ether oxygens (including phenoxy) is 1. The first-order valence-electron chi connectivity index (χ1n) is 6.68. The molecule has 0 aromatic heterocycles. The van der Waals surface area contributed by atoms with E-state index in [-0.39, 0.29) is 0 Å². The molecule has 0 saturated carbocycles. The quantitative estimate of drug-likeness (QED) is 0.586. The molecule has 0 saturated heterocycles. The molecule has 2 nitrogen and oxygen atoms in total. The molecule has 0 aliphatic heterocycles. The van der Waals surface area contributed by atoms with E-state index in [9.17, 15) is 0 Å². The molecule has 0 aliphatic carbocycles. The fourth-order valence-corrected chi connectivity index (χ4v) is 3.04. The van der Waals surface area contributed by atoms with Crippen LogP contribution in [0.2, 0.25) is 0 Å². The van der Waals surface area contributed by atoms with Crippen LogP contribution in [0, 0.1) is 11.8 Å². The molecule has 1 aromatic rings. The highest BCUT2D eigenvalue weighted by Gasteiger charge is 2.08. The molecule has 0 fully saturated rings. The molecule has 2 N–H and O–H groups in total. The minimum absolute atomic E-state index is 0.692. The van der Waals surface area contributed by atoms with Crippen molar-refractivity contribution in [3.05, 3.63) is 18.2 Å². The minimum atomic E-state index is 0.692. The second-order valence-corrected chi connectivity index (χ2v) is 6.24. The summed E-state index contributed by atoms with van der Waals surface area (Å²) < 4.78 is 5.50. The monoisotopic (exact) mass is 267 g/mol. The van der Waals surface area contributed by atoms with Gasteiger partial charge in [0.2, 0.25) is 0 Å². The number of thioether (sulfide) groups is 1. The summed E-state index contributed by atoms with van der Waals surface area (Å²) in [4.78, 5) is 1.14. The first-order valence-corrected chi connectivity index (χ1v) is 7.66. The van der Waals surface area contributed by atoms with Crippen LogP contribution in [0.5, 0.6) is 5.75 Å². The zero-order valence-corrected chi connectivity index (χ0v) is 12.7. The fraction of sp³-hybridized carbons (Fsp3) is 0.600. The van der Waals surface area contributed by atoms with E-state index in [2.05, 4.69) is 20.8 Å². The van der Waals surface area contributed by atoms with Gasteiger partial charge in [-0.2, -0.15) is 0 Å². The van der Waals surface area contributed by atoms with Crippen LogP contribution in [0.4, 0.5) is 5.69 Å². The highest BCUT2D eigenvalue weighted by atomic mass is 32.2. The fourth-order valence-electron chi connectivity index (χ4n) is 2.00. The standard InChI is InChI=1S/C15H25NOS/c1-5-17-13-6-7-14(16)15(9-13)18-10-12(4)8-11(2)3/h6-7,9,11-12H,5,8,10,16H2,1-4H3. The van der Waals surface area contributed by atoms with Gasteiger partial charge in [-0.15, -0.1) is 11.8 Å². The molecule has 1 rings (SSSR count). The van der Waals surface area contributed by atoms with Crippen molar-refractivity contribution in [2.24, 2.45) is 11.8 Å². The van der Waals surface area contributed by atoms with Gasteiger partial charge in [0.25, 0.3) is 0 Å². The predicted molar refractivity (Wildman–Crippen MR) is 81.4 cm³/mol. The summed E-state index contributed by atoms with van der Waals surface area (Å²) in [7, 11) is 0.